The highest BCUT2D eigenvalue weighted by atomic mass is 15.3. The van der Waals surface area contributed by atoms with Crippen LogP contribution >= 0.6 is 0 Å². The summed E-state index contributed by atoms with van der Waals surface area (Å²) in [6.45, 7) is 11.5. The van der Waals surface area contributed by atoms with Crippen molar-refractivity contribution in [2.24, 2.45) is 5.73 Å². The Bertz CT molecular complexity index is 254. The smallest absolute Gasteiger partial charge is 0.0501 e. The molecule has 0 radical (unpaired) electrons. The molecule has 0 aromatic heterocycles. The first-order valence-electron chi connectivity index (χ1n) is 7.36. The van der Waals surface area contributed by atoms with Crippen LogP contribution in [0.3, 0.4) is 0 Å². The van der Waals surface area contributed by atoms with E-state index in [4.69, 9.17) is 5.73 Å². The van der Waals surface area contributed by atoms with Gasteiger partial charge in [-0.2, -0.15) is 0 Å². The van der Waals surface area contributed by atoms with E-state index in [2.05, 4.69) is 30.6 Å². The van der Waals surface area contributed by atoms with Crippen molar-refractivity contribution in [2.75, 3.05) is 26.2 Å². The molecule has 0 bridgehead atoms. The van der Waals surface area contributed by atoms with Crippen LogP contribution in [-0.2, 0) is 0 Å². The van der Waals surface area contributed by atoms with E-state index >= 15 is 0 Å². The van der Waals surface area contributed by atoms with Crippen molar-refractivity contribution in [2.45, 2.75) is 64.1 Å². The van der Waals surface area contributed by atoms with Gasteiger partial charge in [0, 0.05) is 25.2 Å². The summed E-state index contributed by atoms with van der Waals surface area (Å²) in [5, 5.41) is 0. The fraction of sp³-hybridized carbons (Fsp3) is 1.00. The van der Waals surface area contributed by atoms with E-state index in [1.165, 1.54) is 45.3 Å². The molecule has 2 aliphatic heterocycles. The average molecular weight is 239 g/mol. The first-order valence-corrected chi connectivity index (χ1v) is 7.36. The van der Waals surface area contributed by atoms with Gasteiger partial charge in [-0.3, -0.25) is 9.80 Å². The van der Waals surface area contributed by atoms with Crippen LogP contribution in [0.4, 0.5) is 0 Å². The Morgan fingerprint density at radius 2 is 2.18 bits per heavy atom. The number of hydrogen-bond donors (Lipinski definition) is 1. The number of nitrogens with two attached hydrogens (primary N) is 1. The summed E-state index contributed by atoms with van der Waals surface area (Å²) in [5.41, 5.74) is 6.49. The topological polar surface area (TPSA) is 32.5 Å². The second-order valence-electron chi connectivity index (χ2n) is 6.04. The standard InChI is InChI=1S/C14H29N3/c1-4-8-17(12(2)3)14(11-15)7-10-16-9-5-6-13(14)16/h12-13H,4-11,15H2,1-3H3. The molecule has 3 heteroatoms. The maximum absolute atomic E-state index is 6.23. The molecule has 2 unspecified atom stereocenters. The summed E-state index contributed by atoms with van der Waals surface area (Å²) < 4.78 is 0. The lowest BCUT2D eigenvalue weighted by Crippen LogP contribution is -2.62. The molecule has 2 atom stereocenters. The molecule has 3 nitrogen and oxygen atoms in total. The largest absolute Gasteiger partial charge is 0.329 e. The number of hydrogen-bond acceptors (Lipinski definition) is 3. The fourth-order valence-corrected chi connectivity index (χ4v) is 4.13. The van der Waals surface area contributed by atoms with Crippen molar-refractivity contribution >= 4 is 0 Å². The summed E-state index contributed by atoms with van der Waals surface area (Å²) in [6, 6.07) is 1.33. The molecule has 2 heterocycles. The van der Waals surface area contributed by atoms with E-state index in [1.807, 2.05) is 0 Å². The SMILES string of the molecule is CCCN(C(C)C)C1(CN)CCN2CCCC21. The van der Waals surface area contributed by atoms with E-state index in [9.17, 15) is 0 Å². The van der Waals surface area contributed by atoms with Gasteiger partial charge in [-0.15, -0.1) is 0 Å². The molecule has 2 aliphatic rings. The fourth-order valence-electron chi connectivity index (χ4n) is 4.13. The minimum atomic E-state index is 0.265. The van der Waals surface area contributed by atoms with Crippen LogP contribution in [0.25, 0.3) is 0 Å². The summed E-state index contributed by atoms with van der Waals surface area (Å²) in [7, 11) is 0. The Hall–Kier alpha value is -0.120. The van der Waals surface area contributed by atoms with Crippen molar-refractivity contribution in [3.05, 3.63) is 0 Å². The summed E-state index contributed by atoms with van der Waals surface area (Å²) in [6.07, 6.45) is 5.22. The maximum atomic E-state index is 6.23. The van der Waals surface area contributed by atoms with E-state index in [0.29, 0.717) is 6.04 Å². The first kappa shape index (κ1) is 13.3. The van der Waals surface area contributed by atoms with E-state index in [1.54, 1.807) is 0 Å². The van der Waals surface area contributed by atoms with Gasteiger partial charge in [-0.25, -0.2) is 0 Å². The van der Waals surface area contributed by atoms with Crippen molar-refractivity contribution in [3.63, 3.8) is 0 Å². The van der Waals surface area contributed by atoms with Gasteiger partial charge in [-0.1, -0.05) is 6.92 Å². The molecular formula is C14H29N3. The Labute approximate surface area is 106 Å². The van der Waals surface area contributed by atoms with Gasteiger partial charge in [0.05, 0.1) is 5.54 Å². The van der Waals surface area contributed by atoms with Crippen molar-refractivity contribution in [1.82, 2.24) is 9.80 Å². The van der Waals surface area contributed by atoms with Crippen LogP contribution in [0.15, 0.2) is 0 Å². The Balaban J connectivity index is 2.22. The molecule has 0 spiro atoms. The highest BCUT2D eigenvalue weighted by molar-refractivity contribution is 5.10. The average Bonchev–Trinajstić information content (AvgIpc) is 2.87. The van der Waals surface area contributed by atoms with Crippen molar-refractivity contribution < 1.29 is 0 Å². The molecule has 0 aromatic carbocycles. The maximum Gasteiger partial charge on any atom is 0.0501 e. The molecular weight excluding hydrogens is 210 g/mol. The van der Waals surface area contributed by atoms with Crippen LogP contribution in [-0.4, -0.2) is 53.6 Å². The minimum absolute atomic E-state index is 0.265. The van der Waals surface area contributed by atoms with E-state index < -0.39 is 0 Å². The molecule has 0 aromatic rings. The predicted molar refractivity (Wildman–Crippen MR) is 73.1 cm³/mol. The molecule has 17 heavy (non-hydrogen) atoms. The third kappa shape index (κ3) is 2.13. The van der Waals surface area contributed by atoms with Gasteiger partial charge in [0.1, 0.15) is 0 Å². The third-order valence-corrected chi connectivity index (χ3v) is 4.83. The van der Waals surface area contributed by atoms with Gasteiger partial charge in [0.2, 0.25) is 0 Å². The highest BCUT2D eigenvalue weighted by Gasteiger charge is 2.51. The van der Waals surface area contributed by atoms with Crippen LogP contribution in [0, 0.1) is 0 Å². The Morgan fingerprint density at radius 1 is 1.41 bits per heavy atom. The van der Waals surface area contributed by atoms with Gasteiger partial charge in [0.25, 0.3) is 0 Å². The second-order valence-corrected chi connectivity index (χ2v) is 6.04. The molecule has 0 amide bonds. The highest BCUT2D eigenvalue weighted by Crippen LogP contribution is 2.40. The number of nitrogens with zero attached hydrogens (tertiary/aromatic N) is 2. The van der Waals surface area contributed by atoms with Gasteiger partial charge in [0.15, 0.2) is 0 Å². The van der Waals surface area contributed by atoms with Crippen LogP contribution in [0.2, 0.25) is 0 Å². The minimum Gasteiger partial charge on any atom is -0.329 e. The quantitative estimate of drug-likeness (QED) is 0.792. The van der Waals surface area contributed by atoms with Crippen LogP contribution in [0.5, 0.6) is 0 Å². The van der Waals surface area contributed by atoms with E-state index in [-0.39, 0.29) is 5.54 Å². The van der Waals surface area contributed by atoms with Crippen LogP contribution < -0.4 is 5.73 Å². The summed E-state index contributed by atoms with van der Waals surface area (Å²) >= 11 is 0. The monoisotopic (exact) mass is 239 g/mol. The summed E-state index contributed by atoms with van der Waals surface area (Å²) in [4.78, 5) is 5.38. The Kier molecular flexibility index (Phi) is 4.11. The lowest BCUT2D eigenvalue weighted by atomic mass is 9.85. The Morgan fingerprint density at radius 3 is 2.76 bits per heavy atom. The third-order valence-electron chi connectivity index (χ3n) is 4.83. The number of rotatable bonds is 5. The van der Waals surface area contributed by atoms with Crippen molar-refractivity contribution in [1.29, 1.82) is 0 Å². The molecule has 2 saturated heterocycles. The number of fused-ring (bicyclic) bond motifs is 1. The lowest BCUT2D eigenvalue weighted by molar-refractivity contribution is 0.0378. The van der Waals surface area contributed by atoms with E-state index in [0.717, 1.165) is 12.6 Å². The first-order chi connectivity index (χ1) is 8.15. The normalized spacial score (nSPS) is 33.9. The van der Waals surface area contributed by atoms with Crippen molar-refractivity contribution in [3.8, 4) is 0 Å². The second kappa shape index (κ2) is 5.25. The predicted octanol–water partition coefficient (Wildman–Crippen LogP) is 1.67. The zero-order valence-electron chi connectivity index (χ0n) is 11.8. The molecule has 2 N–H and O–H groups in total. The molecule has 2 rings (SSSR count). The molecule has 100 valence electrons. The van der Waals surface area contributed by atoms with Gasteiger partial charge < -0.3 is 5.73 Å². The van der Waals surface area contributed by atoms with Crippen LogP contribution in [0.1, 0.15) is 46.5 Å². The zero-order chi connectivity index (χ0) is 12.5. The lowest BCUT2D eigenvalue weighted by Gasteiger charge is -2.47. The summed E-state index contributed by atoms with van der Waals surface area (Å²) in [5.74, 6) is 0. The zero-order valence-corrected chi connectivity index (χ0v) is 11.8. The molecule has 0 saturated carbocycles. The van der Waals surface area contributed by atoms with Gasteiger partial charge >= 0.3 is 0 Å². The molecule has 0 aliphatic carbocycles. The molecule has 2 fully saturated rings. The van der Waals surface area contributed by atoms with Gasteiger partial charge in [-0.05, 0) is 52.6 Å².